The highest BCUT2D eigenvalue weighted by molar-refractivity contribution is 6.99. The largest absolute Gasteiger partial charge is 0.480 e. The molecule has 0 heterocycles. The maximum atomic E-state index is 11.4. The van der Waals surface area contributed by atoms with Crippen molar-refractivity contribution in [1.82, 2.24) is 5.32 Å². The average molecular weight is 680 g/mol. The van der Waals surface area contributed by atoms with Crippen LogP contribution in [0.3, 0.4) is 0 Å². The molecule has 13 heteroatoms. The molecule has 0 aliphatic rings. The van der Waals surface area contributed by atoms with E-state index in [2.05, 4.69) is 79.4 Å². The molecule has 0 unspecified atom stereocenters. The van der Waals surface area contributed by atoms with Gasteiger partial charge in [0.15, 0.2) is 0 Å². The normalized spacial score (nSPS) is 11.9. The summed E-state index contributed by atoms with van der Waals surface area (Å²) in [4.78, 5) is 21.7. The zero-order chi connectivity index (χ0) is 34.1. The lowest BCUT2D eigenvalue weighted by Crippen LogP contribution is -2.66. The summed E-state index contributed by atoms with van der Waals surface area (Å²) >= 11 is 0. The standard InChI is InChI=1S/C34H53NO11Si/c1-34(2,3)47(30-10-6-4-7-11-30,31-12-8-5-9-13-31)46-27-26-44-25-24-43-23-22-42-21-20-41-19-18-40-17-16-39-15-14-35-32(36)28-45-29-33(37)38/h4-13H,14-29H2,1-3H3,(H,35,36)(H,37,38). The fourth-order valence-corrected chi connectivity index (χ4v) is 9.31. The van der Waals surface area contributed by atoms with Gasteiger partial charge in [0.05, 0.1) is 85.9 Å². The summed E-state index contributed by atoms with van der Waals surface area (Å²) in [6.07, 6.45) is 0. The smallest absolute Gasteiger partial charge is 0.329 e. The van der Waals surface area contributed by atoms with Gasteiger partial charge in [0.25, 0.3) is 8.32 Å². The van der Waals surface area contributed by atoms with Crippen molar-refractivity contribution in [2.45, 2.75) is 25.8 Å². The Balaban J connectivity index is 1.41. The van der Waals surface area contributed by atoms with Gasteiger partial charge in [-0.2, -0.15) is 0 Å². The Labute approximate surface area is 280 Å². The van der Waals surface area contributed by atoms with Gasteiger partial charge in [-0.3, -0.25) is 4.79 Å². The molecule has 0 aromatic heterocycles. The van der Waals surface area contributed by atoms with E-state index in [4.69, 9.17) is 38.0 Å². The highest BCUT2D eigenvalue weighted by Crippen LogP contribution is 2.36. The van der Waals surface area contributed by atoms with Crippen LogP contribution in [0.4, 0.5) is 0 Å². The number of hydrogen-bond donors (Lipinski definition) is 2. The number of rotatable bonds is 28. The van der Waals surface area contributed by atoms with Crippen LogP contribution in [0.25, 0.3) is 0 Å². The highest BCUT2D eigenvalue weighted by Gasteiger charge is 2.50. The molecule has 0 spiro atoms. The second-order valence-electron chi connectivity index (χ2n) is 11.4. The SMILES string of the molecule is CC(C)(C)[Si](OCCOCCOCCOCCOCCOCCOCCNC(=O)COCC(=O)O)(c1ccccc1)c1ccccc1. The van der Waals surface area contributed by atoms with Crippen LogP contribution in [0.1, 0.15) is 20.8 Å². The van der Waals surface area contributed by atoms with Gasteiger partial charge >= 0.3 is 5.97 Å². The fourth-order valence-electron chi connectivity index (χ4n) is 4.76. The van der Waals surface area contributed by atoms with E-state index in [0.717, 1.165) is 0 Å². The third kappa shape index (κ3) is 16.8. The van der Waals surface area contributed by atoms with Gasteiger partial charge < -0.3 is 48.0 Å². The molecule has 0 saturated carbocycles. The van der Waals surface area contributed by atoms with Gasteiger partial charge in [-0.1, -0.05) is 81.4 Å². The number of hydrogen-bond acceptors (Lipinski definition) is 10. The highest BCUT2D eigenvalue weighted by atomic mass is 28.4. The van der Waals surface area contributed by atoms with Gasteiger partial charge in [0.2, 0.25) is 5.91 Å². The van der Waals surface area contributed by atoms with Gasteiger partial charge in [-0.25, -0.2) is 4.79 Å². The first-order valence-electron chi connectivity index (χ1n) is 16.0. The Morgan fingerprint density at radius 3 is 1.34 bits per heavy atom. The number of carboxylic acid groups (broad SMARTS) is 1. The lowest BCUT2D eigenvalue weighted by molar-refractivity contribution is -0.143. The molecular weight excluding hydrogens is 626 g/mol. The van der Waals surface area contributed by atoms with E-state index < -0.39 is 26.8 Å². The van der Waals surface area contributed by atoms with E-state index >= 15 is 0 Å². The predicted octanol–water partition coefficient (Wildman–Crippen LogP) is 1.88. The van der Waals surface area contributed by atoms with Crippen molar-refractivity contribution in [2.75, 3.05) is 106 Å². The quantitative estimate of drug-likeness (QED) is 0.101. The monoisotopic (exact) mass is 679 g/mol. The van der Waals surface area contributed by atoms with Crippen molar-refractivity contribution in [3.05, 3.63) is 60.7 Å². The maximum Gasteiger partial charge on any atom is 0.329 e. The van der Waals surface area contributed by atoms with Crippen molar-refractivity contribution < 1.29 is 52.3 Å². The number of amides is 1. The van der Waals surface area contributed by atoms with Gasteiger partial charge in [0.1, 0.15) is 13.2 Å². The van der Waals surface area contributed by atoms with Crippen LogP contribution >= 0.6 is 0 Å². The lowest BCUT2D eigenvalue weighted by Gasteiger charge is -2.43. The van der Waals surface area contributed by atoms with Crippen molar-refractivity contribution in [3.8, 4) is 0 Å². The summed E-state index contributed by atoms with van der Waals surface area (Å²) in [5.74, 6) is -1.51. The van der Waals surface area contributed by atoms with Crippen LogP contribution in [-0.2, 0) is 47.2 Å². The van der Waals surface area contributed by atoms with Crippen molar-refractivity contribution in [1.29, 1.82) is 0 Å². The lowest BCUT2D eigenvalue weighted by atomic mass is 10.2. The molecule has 0 fully saturated rings. The maximum absolute atomic E-state index is 11.4. The van der Waals surface area contributed by atoms with Gasteiger partial charge in [0, 0.05) is 6.54 Å². The molecule has 2 rings (SSSR count). The minimum Gasteiger partial charge on any atom is -0.480 e. The summed E-state index contributed by atoms with van der Waals surface area (Å²) in [5, 5.41) is 13.4. The zero-order valence-electron chi connectivity index (χ0n) is 28.1. The number of carboxylic acids is 1. The van der Waals surface area contributed by atoms with E-state index in [0.29, 0.717) is 92.4 Å². The fraction of sp³-hybridized carbons (Fsp3) is 0.588. The number of benzene rings is 2. The molecule has 0 aliphatic carbocycles. The summed E-state index contributed by atoms with van der Waals surface area (Å²) < 4.78 is 44.7. The molecule has 0 atom stereocenters. The van der Waals surface area contributed by atoms with Crippen molar-refractivity contribution in [2.24, 2.45) is 0 Å². The van der Waals surface area contributed by atoms with Crippen LogP contribution in [0.15, 0.2) is 60.7 Å². The molecule has 0 bridgehead atoms. The van der Waals surface area contributed by atoms with Gasteiger partial charge in [-0.05, 0) is 15.4 Å². The summed E-state index contributed by atoms with van der Waals surface area (Å²) in [6, 6.07) is 21.2. The topological polar surface area (TPSA) is 140 Å². The van der Waals surface area contributed by atoms with Gasteiger partial charge in [-0.15, -0.1) is 0 Å². The summed E-state index contributed by atoms with van der Waals surface area (Å²) in [6.45, 7) is 12.1. The Morgan fingerprint density at radius 2 is 0.957 bits per heavy atom. The number of aliphatic carboxylic acids is 1. The molecular formula is C34H53NO11Si. The van der Waals surface area contributed by atoms with Crippen LogP contribution in [0.5, 0.6) is 0 Å². The number of carbonyl (C=O) groups excluding carboxylic acids is 1. The number of nitrogens with one attached hydrogen (secondary N) is 1. The number of carbonyl (C=O) groups is 2. The van der Waals surface area contributed by atoms with E-state index in [1.165, 1.54) is 10.4 Å². The molecule has 2 aromatic carbocycles. The summed E-state index contributed by atoms with van der Waals surface area (Å²) in [5.41, 5.74) is 0. The van der Waals surface area contributed by atoms with Crippen LogP contribution < -0.4 is 15.7 Å². The molecule has 12 nitrogen and oxygen atoms in total. The van der Waals surface area contributed by atoms with E-state index in [1.807, 2.05) is 12.1 Å². The first kappa shape index (κ1) is 40.5. The van der Waals surface area contributed by atoms with Crippen LogP contribution in [0.2, 0.25) is 5.04 Å². The third-order valence-electron chi connectivity index (χ3n) is 6.85. The first-order chi connectivity index (χ1) is 22.8. The second-order valence-corrected chi connectivity index (χ2v) is 15.7. The Morgan fingerprint density at radius 1 is 0.574 bits per heavy atom. The number of ether oxygens (including phenoxy) is 7. The molecule has 264 valence electrons. The molecule has 0 aliphatic heterocycles. The minimum absolute atomic E-state index is 0.0667. The minimum atomic E-state index is -2.55. The molecule has 47 heavy (non-hydrogen) atoms. The Bertz CT molecular complexity index is 1050. The summed E-state index contributed by atoms with van der Waals surface area (Å²) in [7, 11) is -2.55. The predicted molar refractivity (Wildman–Crippen MR) is 180 cm³/mol. The van der Waals surface area contributed by atoms with E-state index in [-0.39, 0.29) is 11.6 Å². The Hall–Kier alpha value is -2.72. The third-order valence-corrected chi connectivity index (χ3v) is 11.9. The van der Waals surface area contributed by atoms with E-state index in [9.17, 15) is 9.59 Å². The van der Waals surface area contributed by atoms with Crippen LogP contribution in [-0.4, -0.2) is 131 Å². The molecule has 0 radical (unpaired) electrons. The average Bonchev–Trinajstić information content (AvgIpc) is 3.05. The second kappa shape index (κ2) is 24.4. The van der Waals surface area contributed by atoms with E-state index in [1.54, 1.807) is 0 Å². The zero-order valence-corrected chi connectivity index (χ0v) is 29.1. The van der Waals surface area contributed by atoms with Crippen molar-refractivity contribution in [3.63, 3.8) is 0 Å². The molecule has 2 aromatic rings. The Kier molecular flexibility index (Phi) is 21.0. The molecule has 1 amide bonds. The van der Waals surface area contributed by atoms with Crippen LogP contribution in [0, 0.1) is 0 Å². The molecule has 2 N–H and O–H groups in total. The molecule has 0 saturated heterocycles. The van der Waals surface area contributed by atoms with Crippen molar-refractivity contribution >= 4 is 30.6 Å². The first-order valence-corrected chi connectivity index (χ1v) is 18.0.